The zero-order valence-electron chi connectivity index (χ0n) is 30.5. The number of aliphatic carboxylic acids is 1. The number of ether oxygens (including phenoxy) is 3. The number of rotatable bonds is 20. The van der Waals surface area contributed by atoms with Crippen LogP contribution in [0.15, 0.2) is 30.4 Å². The molecule has 56 heavy (non-hydrogen) atoms. The molecule has 21 nitrogen and oxygen atoms in total. The topological polar surface area (TPSA) is 323 Å². The van der Waals surface area contributed by atoms with Crippen LogP contribution in [-0.2, 0) is 49.6 Å². The van der Waals surface area contributed by atoms with Gasteiger partial charge in [0.2, 0.25) is 43.6 Å². The number of unbranched alkanes of at least 4 members (excludes halogenated alkanes) is 1. The Morgan fingerprint density at radius 3 is 2.20 bits per heavy atom. The van der Waals surface area contributed by atoms with Crippen LogP contribution in [-0.4, -0.2) is 143 Å². The molecule has 2 unspecified atom stereocenters. The first-order valence-corrected chi connectivity index (χ1v) is 17.5. The minimum absolute atomic E-state index is 0.0587. The largest absolute Gasteiger partial charge is 0.479 e. The highest BCUT2D eigenvalue weighted by atomic mass is 16.7. The number of nitrogens with one attached hydrogen (secondary N) is 4. The fraction of sp³-hybridized carbons (Fsp3) is 0.529. The second-order valence-corrected chi connectivity index (χ2v) is 13.0. The van der Waals surface area contributed by atoms with Crippen LogP contribution in [0.4, 0.5) is 10.5 Å². The Morgan fingerprint density at radius 2 is 1.59 bits per heavy atom. The normalized spacial score (nSPS) is 21.6. The van der Waals surface area contributed by atoms with Crippen LogP contribution in [0.3, 0.4) is 0 Å². The number of hydrogen-bond donors (Lipinski definition) is 9. The number of imide groups is 1. The predicted octanol–water partition coefficient (Wildman–Crippen LogP) is -3.11. The van der Waals surface area contributed by atoms with Gasteiger partial charge in [-0.2, -0.15) is 0 Å². The van der Waals surface area contributed by atoms with Gasteiger partial charge in [0.25, 0.3) is 11.8 Å². The lowest BCUT2D eigenvalue weighted by atomic mass is 9.99. The van der Waals surface area contributed by atoms with Crippen molar-refractivity contribution in [2.75, 3.05) is 25.0 Å². The SMILES string of the molecule is [B]C(=O)OCc1ccc(O[C@@H]2O[C@H](C(=O)O)[C@@H](O)[C@H](O)[C@H]2O)c(NC(=O)CCNC(=O)C(CCCCNC(=O)C(C)C)NC(=O)C(CN)N2C(=O)C=CC2=O)c1. The minimum atomic E-state index is -1.99. The maximum Gasteiger partial charge on any atom is 0.335 e. The Hall–Kier alpha value is -5.42. The number of amides is 6. The summed E-state index contributed by atoms with van der Waals surface area (Å²) < 4.78 is 15.5. The molecule has 2 heterocycles. The van der Waals surface area contributed by atoms with E-state index in [1.807, 2.05) is 0 Å². The number of anilines is 1. The summed E-state index contributed by atoms with van der Waals surface area (Å²) in [7, 11) is 5.04. The Labute approximate surface area is 321 Å². The van der Waals surface area contributed by atoms with Crippen LogP contribution in [0.5, 0.6) is 5.75 Å². The molecule has 10 N–H and O–H groups in total. The Morgan fingerprint density at radius 1 is 0.929 bits per heavy atom. The molecule has 3 rings (SSSR count). The van der Waals surface area contributed by atoms with E-state index >= 15 is 0 Å². The van der Waals surface area contributed by atoms with E-state index in [0.717, 1.165) is 12.2 Å². The molecule has 1 fully saturated rings. The van der Waals surface area contributed by atoms with Crippen molar-refractivity contribution in [3.8, 4) is 5.75 Å². The van der Waals surface area contributed by atoms with Gasteiger partial charge in [0.1, 0.15) is 42.8 Å². The van der Waals surface area contributed by atoms with E-state index in [0.29, 0.717) is 24.3 Å². The summed E-state index contributed by atoms with van der Waals surface area (Å²) in [6.45, 7) is 2.68. The van der Waals surface area contributed by atoms with Crippen LogP contribution in [0.25, 0.3) is 0 Å². The van der Waals surface area contributed by atoms with Gasteiger partial charge >= 0.3 is 5.97 Å². The molecule has 0 spiro atoms. The molecular formula is C34H45BN6O15. The van der Waals surface area contributed by atoms with Crippen molar-refractivity contribution in [2.45, 2.75) is 88.9 Å². The molecule has 0 bridgehead atoms. The summed E-state index contributed by atoms with van der Waals surface area (Å²) in [5, 5.41) is 50.3. The number of nitrogens with two attached hydrogens (primary N) is 1. The summed E-state index contributed by atoms with van der Waals surface area (Å²) in [4.78, 5) is 99.3. The molecule has 0 aromatic heterocycles. The zero-order chi connectivity index (χ0) is 41.7. The minimum Gasteiger partial charge on any atom is -0.479 e. The second-order valence-electron chi connectivity index (χ2n) is 13.0. The second kappa shape index (κ2) is 21.0. The number of carboxylic acids is 1. The van der Waals surface area contributed by atoms with Crippen molar-refractivity contribution >= 4 is 60.8 Å². The highest BCUT2D eigenvalue weighted by Crippen LogP contribution is 2.31. The average Bonchev–Trinajstić information content (AvgIpc) is 3.47. The highest BCUT2D eigenvalue weighted by molar-refractivity contribution is 6.55. The van der Waals surface area contributed by atoms with Gasteiger partial charge in [-0.3, -0.25) is 38.5 Å². The quantitative estimate of drug-likeness (QED) is 0.0359. The van der Waals surface area contributed by atoms with Crippen molar-refractivity contribution in [1.82, 2.24) is 20.9 Å². The smallest absolute Gasteiger partial charge is 0.335 e. The standard InChI is InChI=1S/C34H45BN6O15/c1-16(2)29(48)37-11-4-3-5-18(40-31(50)20(14-36)41-23(43)8-9-24(41)44)30(49)38-12-10-22(42)39-19-13-17(15-54-34(35)53)6-7-21(19)55-33-27(47)25(45)26(46)28(56-33)32(51)52/h6-9,13,16,18,20,25-28,33,45-47H,3-5,10-12,14-15,36H2,1-2H3,(H,37,48)(H,38,49)(H,39,42)(H,40,50)(H,51,52)/t18?,20?,25-,26-,27+,28-,33+/m0/s1. The number of hydrogen-bond acceptors (Lipinski definition) is 15. The van der Waals surface area contributed by atoms with Gasteiger partial charge in [-0.1, -0.05) is 19.9 Å². The van der Waals surface area contributed by atoms with E-state index in [1.54, 1.807) is 13.8 Å². The molecule has 6 amide bonds. The third-order valence-electron chi connectivity index (χ3n) is 8.46. The predicted molar refractivity (Wildman–Crippen MR) is 191 cm³/mol. The summed E-state index contributed by atoms with van der Waals surface area (Å²) in [6, 6.07) is 1.28. The number of carboxylic acid groups (broad SMARTS) is 1. The number of carbonyl (C=O) groups excluding carboxylic acids is 7. The van der Waals surface area contributed by atoms with E-state index in [1.165, 1.54) is 18.2 Å². The van der Waals surface area contributed by atoms with Crippen LogP contribution < -0.4 is 31.7 Å². The third kappa shape index (κ3) is 12.6. The molecule has 1 aromatic rings. The van der Waals surface area contributed by atoms with Crippen LogP contribution in [0.1, 0.15) is 45.1 Å². The first-order chi connectivity index (χ1) is 26.4. The summed E-state index contributed by atoms with van der Waals surface area (Å²) in [6.07, 6.45) is -7.31. The van der Waals surface area contributed by atoms with E-state index in [4.69, 9.17) is 27.8 Å². The van der Waals surface area contributed by atoms with Gasteiger partial charge in [-0.25, -0.2) is 4.79 Å². The van der Waals surface area contributed by atoms with Gasteiger partial charge in [-0.15, -0.1) is 0 Å². The first kappa shape index (κ1) is 45.0. The molecule has 22 heteroatoms. The van der Waals surface area contributed by atoms with E-state index in [-0.39, 0.29) is 54.8 Å². The number of benzene rings is 1. The molecule has 2 aliphatic rings. The van der Waals surface area contributed by atoms with Gasteiger partial charge in [0, 0.05) is 44.1 Å². The van der Waals surface area contributed by atoms with Gasteiger partial charge in [0.05, 0.1) is 5.69 Å². The number of nitrogens with zero attached hydrogens (tertiary/aromatic N) is 1. The van der Waals surface area contributed by atoms with Gasteiger partial charge < -0.3 is 61.6 Å². The number of aliphatic hydroxyl groups is 3. The Balaban J connectivity index is 1.70. The van der Waals surface area contributed by atoms with Crippen molar-refractivity contribution in [3.63, 3.8) is 0 Å². The van der Waals surface area contributed by atoms with Crippen molar-refractivity contribution in [2.24, 2.45) is 11.7 Å². The molecule has 7 atom stereocenters. The fourth-order valence-corrected chi connectivity index (χ4v) is 5.41. The molecule has 0 saturated carbocycles. The highest BCUT2D eigenvalue weighted by Gasteiger charge is 2.48. The maximum atomic E-state index is 13.3. The first-order valence-electron chi connectivity index (χ1n) is 17.5. The van der Waals surface area contributed by atoms with Gasteiger partial charge in [-0.05, 0) is 37.0 Å². The molecule has 1 aromatic carbocycles. The monoisotopic (exact) mass is 788 g/mol. The van der Waals surface area contributed by atoms with Crippen molar-refractivity contribution in [3.05, 3.63) is 35.9 Å². The number of aliphatic hydroxyl groups excluding tert-OH is 3. The lowest BCUT2D eigenvalue weighted by Crippen LogP contribution is -2.61. The summed E-state index contributed by atoms with van der Waals surface area (Å²) >= 11 is 0. The lowest BCUT2D eigenvalue weighted by Gasteiger charge is -2.38. The molecular weight excluding hydrogens is 743 g/mol. The summed E-state index contributed by atoms with van der Waals surface area (Å²) in [5.74, 6) is -7.21. The Kier molecular flexibility index (Phi) is 16.9. The lowest BCUT2D eigenvalue weighted by molar-refractivity contribution is -0.271. The third-order valence-corrected chi connectivity index (χ3v) is 8.46. The van der Waals surface area contributed by atoms with Crippen LogP contribution in [0, 0.1) is 5.92 Å². The molecule has 2 aliphatic heterocycles. The Bertz CT molecular complexity index is 1660. The fourth-order valence-electron chi connectivity index (χ4n) is 5.41. The van der Waals surface area contributed by atoms with E-state index in [2.05, 4.69) is 21.3 Å². The van der Waals surface area contributed by atoms with E-state index < -0.39 is 90.7 Å². The summed E-state index contributed by atoms with van der Waals surface area (Å²) in [5.41, 5.74) is 5.89. The molecule has 304 valence electrons. The molecule has 0 aliphatic carbocycles. The van der Waals surface area contributed by atoms with Crippen LogP contribution >= 0.6 is 0 Å². The molecule has 1 saturated heterocycles. The number of carbonyl (C=O) groups is 8. The van der Waals surface area contributed by atoms with Crippen molar-refractivity contribution in [1.29, 1.82) is 0 Å². The molecule has 2 radical (unpaired) electrons. The van der Waals surface area contributed by atoms with Crippen molar-refractivity contribution < 1.29 is 73.0 Å². The van der Waals surface area contributed by atoms with Gasteiger partial charge in [0.15, 0.2) is 6.10 Å². The zero-order valence-corrected chi connectivity index (χ0v) is 30.5. The average molecular weight is 789 g/mol. The maximum absolute atomic E-state index is 13.3. The van der Waals surface area contributed by atoms with Crippen LogP contribution in [0.2, 0.25) is 0 Å². The van der Waals surface area contributed by atoms with E-state index in [9.17, 15) is 58.8 Å².